The number of rotatable bonds is 8. The molecule has 0 aliphatic carbocycles. The summed E-state index contributed by atoms with van der Waals surface area (Å²) in [5.41, 5.74) is 3.89. The van der Waals surface area contributed by atoms with E-state index in [2.05, 4.69) is 20.5 Å². The first-order chi connectivity index (χ1) is 14.0. The molecule has 1 amide bonds. The molecule has 0 saturated heterocycles. The summed E-state index contributed by atoms with van der Waals surface area (Å²) >= 11 is 0. The lowest BCUT2D eigenvalue weighted by Crippen LogP contribution is -2.17. The van der Waals surface area contributed by atoms with Crippen LogP contribution in [0.25, 0.3) is 11.4 Å². The lowest BCUT2D eigenvalue weighted by Gasteiger charge is -2.17. The van der Waals surface area contributed by atoms with Crippen LogP contribution in [0.15, 0.2) is 59.1 Å². The van der Waals surface area contributed by atoms with E-state index in [0.29, 0.717) is 18.0 Å². The van der Waals surface area contributed by atoms with E-state index in [1.54, 1.807) is 30.9 Å². The Bertz CT molecular complexity index is 1010. The highest BCUT2D eigenvalue weighted by atomic mass is 16.5. The molecule has 9 nitrogen and oxygen atoms in total. The minimum atomic E-state index is 0.225. The van der Waals surface area contributed by atoms with E-state index in [1.165, 1.54) is 10.0 Å². The van der Waals surface area contributed by atoms with E-state index in [0.717, 1.165) is 22.5 Å². The first-order valence-corrected chi connectivity index (χ1v) is 8.99. The number of aryl methyl sites for hydroxylation is 2. The summed E-state index contributed by atoms with van der Waals surface area (Å²) in [6.45, 7) is 2.18. The van der Waals surface area contributed by atoms with Gasteiger partial charge in [-0.25, -0.2) is 4.98 Å². The van der Waals surface area contributed by atoms with Crippen molar-refractivity contribution >= 4 is 12.1 Å². The van der Waals surface area contributed by atoms with Crippen LogP contribution in [0.3, 0.4) is 0 Å². The molecule has 1 aromatic carbocycles. The Morgan fingerprint density at radius 3 is 2.59 bits per heavy atom. The zero-order chi connectivity index (χ0) is 20.8. The SMILES string of the molecule is Cc1cccc(N(C=O)/N=N\N(C)C)c1COc1cccc(-c2ccn(C)n2)n1. The van der Waals surface area contributed by atoms with Gasteiger partial charge in [-0.3, -0.25) is 14.5 Å². The third kappa shape index (κ3) is 4.95. The summed E-state index contributed by atoms with van der Waals surface area (Å²) in [6, 6.07) is 13.0. The van der Waals surface area contributed by atoms with Crippen molar-refractivity contribution in [1.82, 2.24) is 19.8 Å². The molecule has 0 radical (unpaired) electrons. The Morgan fingerprint density at radius 1 is 1.10 bits per heavy atom. The average Bonchev–Trinajstić information content (AvgIpc) is 3.14. The smallest absolute Gasteiger partial charge is 0.236 e. The average molecular weight is 393 g/mol. The number of pyridine rings is 1. The molecule has 0 unspecified atom stereocenters. The van der Waals surface area contributed by atoms with Gasteiger partial charge in [0.15, 0.2) is 0 Å². The minimum absolute atomic E-state index is 0.225. The van der Waals surface area contributed by atoms with Crippen LogP contribution < -0.4 is 9.75 Å². The highest BCUT2D eigenvalue weighted by Gasteiger charge is 2.14. The second kappa shape index (κ2) is 8.96. The van der Waals surface area contributed by atoms with E-state index in [-0.39, 0.29) is 6.61 Å². The number of hydrogen-bond acceptors (Lipinski definition) is 6. The Kier molecular flexibility index (Phi) is 6.18. The number of carbonyl (C=O) groups is 1. The molecule has 0 N–H and O–H groups in total. The number of nitrogens with zero attached hydrogens (tertiary/aromatic N) is 7. The number of anilines is 1. The van der Waals surface area contributed by atoms with Crippen molar-refractivity contribution in [2.75, 3.05) is 19.1 Å². The van der Waals surface area contributed by atoms with Gasteiger partial charge in [-0.05, 0) is 35.9 Å². The van der Waals surface area contributed by atoms with Crippen molar-refractivity contribution in [3.05, 3.63) is 59.8 Å². The summed E-state index contributed by atoms with van der Waals surface area (Å²) in [4.78, 5) is 16.1. The third-order valence-electron chi connectivity index (χ3n) is 4.11. The fraction of sp³-hybridized carbons (Fsp3) is 0.250. The molecule has 0 fully saturated rings. The van der Waals surface area contributed by atoms with E-state index in [9.17, 15) is 4.79 Å². The van der Waals surface area contributed by atoms with Crippen molar-refractivity contribution in [3.8, 4) is 17.3 Å². The van der Waals surface area contributed by atoms with Gasteiger partial charge in [-0.1, -0.05) is 23.4 Å². The number of amides is 1. The van der Waals surface area contributed by atoms with E-state index >= 15 is 0 Å². The summed E-state index contributed by atoms with van der Waals surface area (Å²) in [5.74, 6) is 0.468. The lowest BCUT2D eigenvalue weighted by atomic mass is 10.1. The number of ether oxygens (including phenoxy) is 1. The van der Waals surface area contributed by atoms with Gasteiger partial charge in [-0.2, -0.15) is 10.1 Å². The summed E-state index contributed by atoms with van der Waals surface area (Å²) < 4.78 is 7.65. The maximum Gasteiger partial charge on any atom is 0.236 e. The molecule has 3 aromatic rings. The van der Waals surface area contributed by atoms with Gasteiger partial charge in [0.05, 0.1) is 11.4 Å². The molecular formula is C20H23N7O2. The van der Waals surface area contributed by atoms with Crippen molar-refractivity contribution in [3.63, 3.8) is 0 Å². The zero-order valence-corrected chi connectivity index (χ0v) is 16.9. The highest BCUT2D eigenvalue weighted by molar-refractivity contribution is 5.76. The Hall–Kier alpha value is -3.75. The first kappa shape index (κ1) is 20.0. The molecular weight excluding hydrogens is 370 g/mol. The number of carbonyl (C=O) groups excluding carboxylic acids is 1. The molecule has 0 spiro atoms. The molecule has 150 valence electrons. The van der Waals surface area contributed by atoms with Crippen LogP contribution in [0.2, 0.25) is 0 Å². The number of benzene rings is 1. The molecule has 0 atom stereocenters. The second-order valence-electron chi connectivity index (χ2n) is 6.57. The predicted octanol–water partition coefficient (Wildman–Crippen LogP) is 3.18. The van der Waals surface area contributed by atoms with Crippen LogP contribution in [0, 0.1) is 6.92 Å². The highest BCUT2D eigenvalue weighted by Crippen LogP contribution is 2.26. The van der Waals surface area contributed by atoms with Crippen molar-refractivity contribution in [2.45, 2.75) is 13.5 Å². The standard InChI is InChI=1S/C20H23N7O2/c1-15-7-5-9-19(27(14-28)24-23-25(2)3)16(15)13-29-20-10-6-8-17(21-20)18-11-12-26(4)22-18/h5-12,14H,13H2,1-4H3/b24-23-. The largest absolute Gasteiger partial charge is 0.473 e. The molecule has 3 rings (SSSR count). The summed E-state index contributed by atoms with van der Waals surface area (Å²) in [7, 11) is 5.32. The van der Waals surface area contributed by atoms with Crippen LogP contribution in [0.4, 0.5) is 5.69 Å². The van der Waals surface area contributed by atoms with Gasteiger partial charge in [0.1, 0.15) is 12.3 Å². The Balaban J connectivity index is 1.83. The molecule has 0 aliphatic rings. The molecule has 0 saturated carbocycles. The van der Waals surface area contributed by atoms with Crippen LogP contribution in [-0.4, -0.2) is 40.3 Å². The molecule has 29 heavy (non-hydrogen) atoms. The van der Waals surface area contributed by atoms with Crippen molar-refractivity contribution < 1.29 is 9.53 Å². The quantitative estimate of drug-likeness (QED) is 0.333. The lowest BCUT2D eigenvalue weighted by molar-refractivity contribution is -0.107. The summed E-state index contributed by atoms with van der Waals surface area (Å²) in [6.07, 6.45) is 2.48. The van der Waals surface area contributed by atoms with E-state index in [4.69, 9.17) is 4.74 Å². The Morgan fingerprint density at radius 2 is 1.90 bits per heavy atom. The Labute approximate surface area is 169 Å². The van der Waals surface area contributed by atoms with Gasteiger partial charge < -0.3 is 4.74 Å². The normalized spacial score (nSPS) is 10.9. The van der Waals surface area contributed by atoms with Crippen molar-refractivity contribution in [1.29, 1.82) is 0 Å². The maximum atomic E-state index is 11.6. The van der Waals surface area contributed by atoms with Crippen LogP contribution in [-0.2, 0) is 18.4 Å². The number of aromatic nitrogens is 3. The van der Waals surface area contributed by atoms with E-state index in [1.807, 2.05) is 50.5 Å². The monoisotopic (exact) mass is 393 g/mol. The third-order valence-corrected chi connectivity index (χ3v) is 4.11. The summed E-state index contributed by atoms with van der Waals surface area (Å²) in [5, 5.41) is 14.9. The fourth-order valence-corrected chi connectivity index (χ4v) is 2.67. The molecule has 2 heterocycles. The van der Waals surface area contributed by atoms with Crippen LogP contribution >= 0.6 is 0 Å². The van der Waals surface area contributed by atoms with Gasteiger partial charge >= 0.3 is 0 Å². The van der Waals surface area contributed by atoms with Crippen LogP contribution in [0.1, 0.15) is 11.1 Å². The topological polar surface area (TPSA) is 88.2 Å². The van der Waals surface area contributed by atoms with Gasteiger partial charge in [0, 0.05) is 39.0 Å². The molecule has 0 aliphatic heterocycles. The zero-order valence-electron chi connectivity index (χ0n) is 16.9. The van der Waals surface area contributed by atoms with Gasteiger partial charge in [0.25, 0.3) is 0 Å². The second-order valence-corrected chi connectivity index (χ2v) is 6.57. The predicted molar refractivity (Wildman–Crippen MR) is 109 cm³/mol. The maximum absolute atomic E-state index is 11.6. The van der Waals surface area contributed by atoms with Gasteiger partial charge in [0.2, 0.25) is 12.3 Å². The minimum Gasteiger partial charge on any atom is -0.473 e. The number of hydrogen-bond donors (Lipinski definition) is 0. The molecule has 2 aromatic heterocycles. The van der Waals surface area contributed by atoms with Crippen LogP contribution in [0.5, 0.6) is 5.88 Å². The van der Waals surface area contributed by atoms with Crippen molar-refractivity contribution in [2.24, 2.45) is 17.5 Å². The van der Waals surface area contributed by atoms with Gasteiger partial charge in [-0.15, -0.1) is 0 Å². The first-order valence-electron chi connectivity index (χ1n) is 8.99. The molecule has 0 bridgehead atoms. The molecule has 9 heteroatoms. The van der Waals surface area contributed by atoms with E-state index < -0.39 is 0 Å². The fourth-order valence-electron chi connectivity index (χ4n) is 2.67.